The van der Waals surface area contributed by atoms with Crippen LogP contribution in [-0.4, -0.2) is 41.0 Å². The fraction of sp³-hybridized carbons (Fsp3) is 0.222. The first-order valence-corrected chi connectivity index (χ1v) is 10.8. The number of nitriles is 1. The molecule has 2 N–H and O–H groups in total. The Morgan fingerprint density at radius 2 is 1.94 bits per heavy atom. The van der Waals surface area contributed by atoms with Gasteiger partial charge in [0.2, 0.25) is 0 Å². The lowest BCUT2D eigenvalue weighted by molar-refractivity contribution is -0.129. The number of nitrogens with zero attached hydrogens (tertiary/aromatic N) is 2. The normalized spacial score (nSPS) is 14.8. The van der Waals surface area contributed by atoms with Gasteiger partial charge in [-0.15, -0.1) is 0 Å². The first-order valence-electron chi connectivity index (χ1n) is 10.8. The van der Waals surface area contributed by atoms with Crippen LogP contribution in [0.25, 0.3) is 0 Å². The molecule has 0 fully saturated rings. The largest absolute Gasteiger partial charge is 0.478 e. The highest BCUT2D eigenvalue weighted by Crippen LogP contribution is 2.24. The van der Waals surface area contributed by atoms with Crippen molar-refractivity contribution in [2.75, 3.05) is 18.4 Å². The summed E-state index contributed by atoms with van der Waals surface area (Å²) in [5.74, 6) is -1.03. The predicted molar refractivity (Wildman–Crippen MR) is 129 cm³/mol. The summed E-state index contributed by atoms with van der Waals surface area (Å²) in [5, 5.41) is 21.4. The Bertz CT molecular complexity index is 1130. The van der Waals surface area contributed by atoms with Crippen LogP contribution in [0.15, 0.2) is 90.0 Å². The van der Waals surface area contributed by atoms with E-state index in [0.717, 1.165) is 23.2 Å². The van der Waals surface area contributed by atoms with Crippen LogP contribution in [0.5, 0.6) is 0 Å². The Morgan fingerprint density at radius 1 is 1.24 bits per heavy atom. The molecule has 6 nitrogen and oxygen atoms in total. The lowest BCUT2D eigenvalue weighted by atomic mass is 9.96. The van der Waals surface area contributed by atoms with Gasteiger partial charge in [0, 0.05) is 29.9 Å². The molecule has 0 aromatic heterocycles. The summed E-state index contributed by atoms with van der Waals surface area (Å²) < 4.78 is 0. The van der Waals surface area contributed by atoms with Crippen molar-refractivity contribution in [2.45, 2.75) is 25.8 Å². The predicted octanol–water partition coefficient (Wildman–Crippen LogP) is 4.59. The van der Waals surface area contributed by atoms with Gasteiger partial charge in [-0.3, -0.25) is 4.79 Å². The van der Waals surface area contributed by atoms with Gasteiger partial charge in [-0.2, -0.15) is 5.26 Å². The summed E-state index contributed by atoms with van der Waals surface area (Å²) in [6, 6.07) is 18.4. The number of benzene rings is 2. The number of allylic oxidation sites excluding steroid dienone is 2. The SMILES string of the molecule is C=C(C#N)/C=C\C1=C(C)CCN([C@H](CNc2ccc(C(=O)O)cc2)Cc2ccccc2)C1=O. The summed E-state index contributed by atoms with van der Waals surface area (Å²) in [6.45, 7) is 6.72. The molecule has 0 spiro atoms. The van der Waals surface area contributed by atoms with Crippen LogP contribution >= 0.6 is 0 Å². The third-order valence-corrected chi connectivity index (χ3v) is 5.70. The maximum absolute atomic E-state index is 13.4. The van der Waals surface area contributed by atoms with Crippen molar-refractivity contribution in [3.8, 4) is 6.07 Å². The summed E-state index contributed by atoms with van der Waals surface area (Å²) in [6.07, 6.45) is 4.69. The Kier molecular flexibility index (Phi) is 7.82. The molecule has 0 unspecified atom stereocenters. The number of carboxylic acid groups (broad SMARTS) is 1. The molecule has 1 aliphatic heterocycles. The highest BCUT2D eigenvalue weighted by molar-refractivity contribution is 5.98. The van der Waals surface area contributed by atoms with Gasteiger partial charge in [0.05, 0.1) is 17.7 Å². The van der Waals surface area contributed by atoms with Crippen LogP contribution in [0.2, 0.25) is 0 Å². The Balaban J connectivity index is 1.82. The molecule has 33 heavy (non-hydrogen) atoms. The van der Waals surface area contributed by atoms with Gasteiger partial charge in [-0.05, 0) is 61.7 Å². The van der Waals surface area contributed by atoms with E-state index in [1.54, 1.807) is 36.4 Å². The fourth-order valence-electron chi connectivity index (χ4n) is 3.79. The number of anilines is 1. The van der Waals surface area contributed by atoms with Crippen molar-refractivity contribution in [3.05, 3.63) is 101 Å². The summed E-state index contributed by atoms with van der Waals surface area (Å²) >= 11 is 0. The summed E-state index contributed by atoms with van der Waals surface area (Å²) in [7, 11) is 0. The van der Waals surface area contributed by atoms with E-state index in [2.05, 4.69) is 11.9 Å². The van der Waals surface area contributed by atoms with Gasteiger partial charge < -0.3 is 15.3 Å². The van der Waals surface area contributed by atoms with E-state index in [9.17, 15) is 9.59 Å². The van der Waals surface area contributed by atoms with Gasteiger partial charge in [-0.25, -0.2) is 4.79 Å². The van der Waals surface area contributed by atoms with Crippen molar-refractivity contribution in [3.63, 3.8) is 0 Å². The van der Waals surface area contributed by atoms with E-state index >= 15 is 0 Å². The monoisotopic (exact) mass is 441 g/mol. The van der Waals surface area contributed by atoms with E-state index in [4.69, 9.17) is 10.4 Å². The second kappa shape index (κ2) is 11.0. The van der Waals surface area contributed by atoms with Crippen molar-refractivity contribution < 1.29 is 14.7 Å². The lowest BCUT2D eigenvalue weighted by Crippen LogP contribution is -2.48. The molecule has 168 valence electrons. The van der Waals surface area contributed by atoms with E-state index in [-0.39, 0.29) is 17.5 Å². The minimum absolute atomic E-state index is 0.0651. The molecule has 3 rings (SSSR count). The molecule has 1 aliphatic rings. The van der Waals surface area contributed by atoms with Crippen molar-refractivity contribution in [1.29, 1.82) is 5.26 Å². The third kappa shape index (κ3) is 6.20. The number of aromatic carboxylic acids is 1. The number of nitrogens with one attached hydrogen (secondary N) is 1. The second-order valence-corrected chi connectivity index (χ2v) is 8.02. The van der Waals surface area contributed by atoms with Crippen molar-refractivity contribution >= 4 is 17.6 Å². The Hall–Kier alpha value is -4.11. The lowest BCUT2D eigenvalue weighted by Gasteiger charge is -2.36. The molecule has 1 atom stereocenters. The van der Waals surface area contributed by atoms with E-state index in [0.29, 0.717) is 30.7 Å². The third-order valence-electron chi connectivity index (χ3n) is 5.70. The zero-order chi connectivity index (χ0) is 23.8. The molecule has 0 bridgehead atoms. The highest BCUT2D eigenvalue weighted by Gasteiger charge is 2.29. The molecular formula is C27H27N3O3. The quantitative estimate of drug-likeness (QED) is 0.438. The number of amides is 1. The molecule has 2 aromatic rings. The van der Waals surface area contributed by atoms with Gasteiger partial charge in [0.25, 0.3) is 5.91 Å². The summed E-state index contributed by atoms with van der Waals surface area (Å²) in [5.41, 5.74) is 4.03. The molecule has 0 saturated heterocycles. The number of hydrogen-bond donors (Lipinski definition) is 2. The smallest absolute Gasteiger partial charge is 0.335 e. The molecule has 0 aliphatic carbocycles. The van der Waals surface area contributed by atoms with Crippen LogP contribution < -0.4 is 5.32 Å². The molecule has 6 heteroatoms. The average molecular weight is 442 g/mol. The van der Waals surface area contributed by atoms with Crippen LogP contribution in [0.3, 0.4) is 0 Å². The van der Waals surface area contributed by atoms with Crippen LogP contribution in [-0.2, 0) is 11.2 Å². The molecule has 0 saturated carbocycles. The van der Waals surface area contributed by atoms with Crippen LogP contribution in [0, 0.1) is 11.3 Å². The number of carboxylic acids is 1. The Labute approximate surface area is 194 Å². The molecular weight excluding hydrogens is 414 g/mol. The topological polar surface area (TPSA) is 93.4 Å². The zero-order valence-electron chi connectivity index (χ0n) is 18.6. The molecule has 1 amide bonds. The summed E-state index contributed by atoms with van der Waals surface area (Å²) in [4.78, 5) is 26.4. The van der Waals surface area contributed by atoms with Crippen molar-refractivity contribution in [2.24, 2.45) is 0 Å². The number of carbonyl (C=O) groups is 2. The molecule has 1 heterocycles. The minimum Gasteiger partial charge on any atom is -0.478 e. The molecule has 2 aromatic carbocycles. The zero-order valence-corrected chi connectivity index (χ0v) is 18.6. The highest BCUT2D eigenvalue weighted by atomic mass is 16.4. The van der Waals surface area contributed by atoms with Gasteiger partial charge >= 0.3 is 5.97 Å². The van der Waals surface area contributed by atoms with E-state index < -0.39 is 5.97 Å². The van der Waals surface area contributed by atoms with Gasteiger partial charge in [0.15, 0.2) is 0 Å². The van der Waals surface area contributed by atoms with Gasteiger partial charge in [-0.1, -0.05) is 42.5 Å². The van der Waals surface area contributed by atoms with E-state index in [1.165, 1.54) is 0 Å². The van der Waals surface area contributed by atoms with Gasteiger partial charge in [0.1, 0.15) is 0 Å². The minimum atomic E-state index is -0.968. The maximum atomic E-state index is 13.4. The average Bonchev–Trinajstić information content (AvgIpc) is 2.82. The van der Waals surface area contributed by atoms with Crippen molar-refractivity contribution in [1.82, 2.24) is 4.90 Å². The molecule has 0 radical (unpaired) electrons. The number of hydrogen-bond acceptors (Lipinski definition) is 4. The van der Waals surface area contributed by atoms with Crippen LogP contribution in [0.4, 0.5) is 5.69 Å². The Morgan fingerprint density at radius 3 is 2.58 bits per heavy atom. The number of carbonyl (C=O) groups excluding carboxylic acids is 1. The van der Waals surface area contributed by atoms with E-state index in [1.807, 2.05) is 48.2 Å². The first kappa shape index (κ1) is 23.6. The first-order chi connectivity index (χ1) is 15.9. The standard InChI is InChI=1S/C27H27N3O3/c1-19(17-28)8-13-25-20(2)14-15-30(26(25)31)24(16-21-6-4-3-5-7-21)18-29-23-11-9-22(10-12-23)27(32)33/h3-13,24,29H,1,14-16,18H2,2H3,(H,32,33)/b13-8-/t24-/m0/s1. The fourth-order valence-corrected chi connectivity index (χ4v) is 3.79. The number of rotatable bonds is 9. The second-order valence-electron chi connectivity index (χ2n) is 8.02. The van der Waals surface area contributed by atoms with Crippen LogP contribution in [0.1, 0.15) is 29.3 Å². The maximum Gasteiger partial charge on any atom is 0.335 e.